The van der Waals surface area contributed by atoms with E-state index in [9.17, 15) is 13.2 Å². The van der Waals surface area contributed by atoms with Crippen molar-refractivity contribution in [2.75, 3.05) is 0 Å². The fraction of sp³-hybridized carbons (Fsp3) is 0.500. The first-order valence-corrected chi connectivity index (χ1v) is 1.02. The van der Waals surface area contributed by atoms with E-state index < -0.39 is 6.18 Å². The molecule has 7 heavy (non-hydrogen) atoms. The predicted octanol–water partition coefficient (Wildman–Crippen LogP) is 0.656. The molecule has 0 aromatic rings. The van der Waals surface area contributed by atoms with Gasteiger partial charge in [-0.2, -0.15) is 6.29 Å². The number of carbonyl (C=O) groups excluding carboxylic acids is 1. The van der Waals surface area contributed by atoms with Crippen molar-refractivity contribution in [1.29, 1.82) is 0 Å². The third kappa shape index (κ3) is 10.8. The molecule has 0 aliphatic heterocycles. The van der Waals surface area contributed by atoms with Gasteiger partial charge in [-0.15, -0.1) is 0 Å². The van der Waals surface area contributed by atoms with E-state index in [0.717, 1.165) is 0 Å². The quantitative estimate of drug-likeness (QED) is 0.507. The first kappa shape index (κ1) is 10.5. The van der Waals surface area contributed by atoms with E-state index >= 15 is 0 Å². The molecule has 1 radical (unpaired) electrons. The van der Waals surface area contributed by atoms with Crippen molar-refractivity contribution in [1.82, 2.24) is 0 Å². The molecule has 0 spiro atoms. The Labute approximate surface area is 63.1 Å². The zero-order valence-corrected chi connectivity index (χ0v) is 5.96. The molecular weight excluding hydrogens is 186 g/mol. The van der Waals surface area contributed by atoms with Gasteiger partial charge in [-0.1, -0.05) is 0 Å². The monoisotopic (exact) mass is 186 g/mol. The third-order valence-electron chi connectivity index (χ3n) is 0.116. The second kappa shape index (κ2) is 3.55. The number of halogens is 3. The molecule has 0 heterocycles. The smallest absolute Gasteiger partial charge is 0.298 e. The summed E-state index contributed by atoms with van der Waals surface area (Å²) in [6.45, 7) is 0. The van der Waals surface area contributed by atoms with Crippen molar-refractivity contribution in [3.63, 3.8) is 0 Å². The predicted molar refractivity (Wildman–Crippen MR) is 11.7 cm³/mol. The molecule has 0 N–H and O–H groups in total. The van der Waals surface area contributed by atoms with Crippen LogP contribution in [0.2, 0.25) is 0 Å². The van der Waals surface area contributed by atoms with Crippen LogP contribution in [0.1, 0.15) is 0 Å². The Kier molecular flexibility index (Phi) is 5.34. The van der Waals surface area contributed by atoms with Gasteiger partial charge in [0, 0.05) is 32.7 Å². The first-order valence-electron chi connectivity index (χ1n) is 1.02. The summed E-state index contributed by atoms with van der Waals surface area (Å²) in [5.74, 6) is 0. The average molecular weight is 186 g/mol. The maximum Gasteiger partial charge on any atom is 0.298 e. The normalized spacial score (nSPS) is 9.57. The van der Waals surface area contributed by atoms with Gasteiger partial charge in [-0.3, -0.25) is 0 Å². The Hall–Kier alpha value is 0.564. The molecule has 1 nitrogen and oxygen atoms in total. The van der Waals surface area contributed by atoms with Gasteiger partial charge < -0.3 is 4.79 Å². The van der Waals surface area contributed by atoms with Crippen molar-refractivity contribution in [3.05, 3.63) is 0 Å². The minimum Gasteiger partial charge on any atom is -0.533 e. The van der Waals surface area contributed by atoms with E-state index in [0.29, 0.717) is 0 Å². The van der Waals surface area contributed by atoms with E-state index in [1.54, 1.807) is 0 Å². The molecule has 0 aliphatic carbocycles. The van der Waals surface area contributed by atoms with E-state index in [-0.39, 0.29) is 39.0 Å². The topological polar surface area (TPSA) is 17.1 Å². The van der Waals surface area contributed by atoms with Crippen molar-refractivity contribution < 1.29 is 50.7 Å². The zero-order chi connectivity index (χ0) is 5.21. The number of rotatable bonds is 0. The summed E-state index contributed by atoms with van der Waals surface area (Å²) in [6.07, 6.45) is -4.91. The summed E-state index contributed by atoms with van der Waals surface area (Å²) in [4.78, 5) is 8.58. The molecule has 0 bridgehead atoms. The maximum atomic E-state index is 10.4. The van der Waals surface area contributed by atoms with Crippen LogP contribution in [0.3, 0.4) is 0 Å². The summed E-state index contributed by atoms with van der Waals surface area (Å²) in [7, 11) is 0. The summed E-state index contributed by atoms with van der Waals surface area (Å²) in [5.41, 5.74) is 0. The second-order valence-corrected chi connectivity index (χ2v) is 0.600. The molecule has 39 valence electrons. The van der Waals surface area contributed by atoms with Gasteiger partial charge in [0.05, 0.1) is 0 Å². The second-order valence-electron chi connectivity index (χ2n) is 0.600. The Morgan fingerprint density at radius 2 is 1.43 bits per heavy atom. The third-order valence-corrected chi connectivity index (χ3v) is 0.116. The van der Waals surface area contributed by atoms with Gasteiger partial charge >= 0.3 is 0 Å². The van der Waals surface area contributed by atoms with Crippen LogP contribution in [0.5, 0.6) is 0 Å². The molecule has 0 saturated carbocycles. The molecule has 0 fully saturated rings. The van der Waals surface area contributed by atoms with Crippen molar-refractivity contribution in [2.45, 2.75) is 6.18 Å². The SMILES string of the molecule is O=[C-]C(F)(F)F.[Y]. The first-order chi connectivity index (χ1) is 2.56. The van der Waals surface area contributed by atoms with Gasteiger partial charge in [0.2, 0.25) is 0 Å². The van der Waals surface area contributed by atoms with Crippen LogP contribution in [0.4, 0.5) is 13.2 Å². The van der Waals surface area contributed by atoms with Gasteiger partial charge in [0.15, 0.2) is 0 Å². The zero-order valence-electron chi connectivity index (χ0n) is 3.12. The van der Waals surface area contributed by atoms with Crippen molar-refractivity contribution in [2.24, 2.45) is 0 Å². The molecule has 0 saturated heterocycles. The van der Waals surface area contributed by atoms with Crippen LogP contribution in [0, 0.1) is 0 Å². The fourth-order valence-corrected chi connectivity index (χ4v) is 0. The van der Waals surface area contributed by atoms with Crippen molar-refractivity contribution >= 4 is 6.29 Å². The molecule has 0 atom stereocenters. The van der Waals surface area contributed by atoms with E-state index in [1.807, 2.05) is 0 Å². The van der Waals surface area contributed by atoms with Gasteiger partial charge in [0.25, 0.3) is 6.18 Å². The standard InChI is InChI=1S/C2F3O.Y/c3-2(4,5)1-6;/q-1;. The molecular formula is C2F3OY-. The van der Waals surface area contributed by atoms with E-state index in [4.69, 9.17) is 4.79 Å². The Bertz CT molecular complexity index is 58.4. The van der Waals surface area contributed by atoms with E-state index in [1.165, 1.54) is 0 Å². The van der Waals surface area contributed by atoms with Crippen LogP contribution in [-0.4, -0.2) is 12.5 Å². The van der Waals surface area contributed by atoms with Crippen LogP contribution in [0.25, 0.3) is 0 Å². The van der Waals surface area contributed by atoms with Crippen LogP contribution >= 0.6 is 0 Å². The van der Waals surface area contributed by atoms with Gasteiger partial charge in [-0.05, 0) is 0 Å². The number of hydrogen-bond donors (Lipinski definition) is 0. The molecule has 0 aromatic heterocycles. The van der Waals surface area contributed by atoms with Crippen LogP contribution in [-0.2, 0) is 37.5 Å². The molecule has 0 rings (SSSR count). The fourth-order valence-electron chi connectivity index (χ4n) is 0. The molecule has 0 amide bonds. The number of hydrogen-bond acceptors (Lipinski definition) is 1. The summed E-state index contributed by atoms with van der Waals surface area (Å²) < 4.78 is 31.1. The van der Waals surface area contributed by atoms with Gasteiger partial charge in [-0.25, -0.2) is 13.2 Å². The van der Waals surface area contributed by atoms with Crippen LogP contribution in [0.15, 0.2) is 0 Å². The number of alkyl halides is 3. The molecule has 5 heteroatoms. The van der Waals surface area contributed by atoms with E-state index in [2.05, 4.69) is 0 Å². The molecule has 0 aromatic carbocycles. The molecule has 0 unspecified atom stereocenters. The Balaban J connectivity index is 0. The minimum atomic E-state index is -4.76. The minimum absolute atomic E-state index is 0. The van der Waals surface area contributed by atoms with Crippen LogP contribution < -0.4 is 0 Å². The Morgan fingerprint density at radius 3 is 1.43 bits per heavy atom. The van der Waals surface area contributed by atoms with Crippen molar-refractivity contribution in [3.8, 4) is 0 Å². The summed E-state index contributed by atoms with van der Waals surface area (Å²) in [6, 6.07) is 0. The summed E-state index contributed by atoms with van der Waals surface area (Å²) >= 11 is 0. The largest absolute Gasteiger partial charge is 0.533 e. The summed E-state index contributed by atoms with van der Waals surface area (Å²) in [5, 5.41) is 0. The van der Waals surface area contributed by atoms with Gasteiger partial charge in [0.1, 0.15) is 0 Å². The average Bonchev–Trinajstić information content (AvgIpc) is 1.35. The Morgan fingerprint density at radius 1 is 1.29 bits per heavy atom. The molecule has 0 aliphatic rings. The maximum absolute atomic E-state index is 10.4.